The van der Waals surface area contributed by atoms with Gasteiger partial charge in [-0.2, -0.15) is 0 Å². The van der Waals surface area contributed by atoms with E-state index in [0.29, 0.717) is 23.5 Å². The van der Waals surface area contributed by atoms with Gasteiger partial charge in [0.25, 0.3) is 5.91 Å². The Morgan fingerprint density at radius 1 is 1.12 bits per heavy atom. The molecule has 168 valence electrons. The molecule has 2 aromatic carbocycles. The van der Waals surface area contributed by atoms with Crippen molar-refractivity contribution in [3.63, 3.8) is 0 Å². The number of hydrogen-bond acceptors (Lipinski definition) is 6. The molecule has 0 bridgehead atoms. The van der Waals surface area contributed by atoms with Crippen molar-refractivity contribution in [3.8, 4) is 0 Å². The van der Waals surface area contributed by atoms with Gasteiger partial charge in [0.1, 0.15) is 5.82 Å². The minimum atomic E-state index is -0.964. The highest BCUT2D eigenvalue weighted by Gasteiger charge is 2.40. The monoisotopic (exact) mass is 442 g/mol. The molecule has 7 heteroatoms. The highest BCUT2D eigenvalue weighted by atomic mass is 16.7. The number of fused-ring (bicyclic) bond motifs is 1. The minimum absolute atomic E-state index is 0.000725. The summed E-state index contributed by atoms with van der Waals surface area (Å²) in [7, 11) is 0. The van der Waals surface area contributed by atoms with Gasteiger partial charge in [0.15, 0.2) is 11.3 Å². The second-order valence-electron chi connectivity index (χ2n) is 8.98. The van der Waals surface area contributed by atoms with Crippen molar-refractivity contribution in [2.45, 2.75) is 38.3 Å². The molecule has 1 N–H and O–H groups in total. The number of aromatic nitrogens is 1. The highest BCUT2D eigenvalue weighted by molar-refractivity contribution is 6.49. The predicted octanol–water partition coefficient (Wildman–Crippen LogP) is 3.72. The molecule has 1 atom stereocenters. The number of rotatable bonds is 4. The smallest absolute Gasteiger partial charge is 0.259 e. The van der Waals surface area contributed by atoms with Gasteiger partial charge in [-0.3, -0.25) is 14.5 Å². The van der Waals surface area contributed by atoms with Gasteiger partial charge >= 0.3 is 0 Å². The average molecular weight is 443 g/mol. The number of Topliss-reactive ketones (excluding diaryl/α,β-unsaturated/α-hetero) is 1. The van der Waals surface area contributed by atoms with E-state index < -0.39 is 5.60 Å². The number of oxime groups is 1. The second-order valence-corrected chi connectivity index (χ2v) is 8.98. The van der Waals surface area contributed by atoms with Crippen LogP contribution in [-0.4, -0.2) is 47.1 Å². The summed E-state index contributed by atoms with van der Waals surface area (Å²) in [5, 5.41) is 9.35. The molecule has 7 nitrogen and oxygen atoms in total. The molecule has 3 heterocycles. The summed E-state index contributed by atoms with van der Waals surface area (Å²) in [4.78, 5) is 38.1. The Kier molecular flexibility index (Phi) is 5.42. The summed E-state index contributed by atoms with van der Waals surface area (Å²) in [6.45, 7) is 5.05. The van der Waals surface area contributed by atoms with Gasteiger partial charge in [0.2, 0.25) is 5.78 Å². The number of nitrogens with one attached hydrogen (secondary N) is 1. The number of benzene rings is 2. The predicted molar refractivity (Wildman–Crippen MR) is 128 cm³/mol. The number of carbonyl (C=O) groups is 2. The first-order valence-electron chi connectivity index (χ1n) is 11.3. The lowest BCUT2D eigenvalue weighted by Crippen LogP contribution is -2.49. The van der Waals surface area contributed by atoms with Gasteiger partial charge in [-0.15, -0.1) is 0 Å². The third kappa shape index (κ3) is 3.89. The Morgan fingerprint density at radius 2 is 1.91 bits per heavy atom. The number of ketones is 1. The maximum Gasteiger partial charge on any atom is 0.259 e. The number of nitrogens with zero attached hydrogens (tertiary/aromatic N) is 3. The Morgan fingerprint density at radius 3 is 2.61 bits per heavy atom. The molecule has 33 heavy (non-hydrogen) atoms. The van der Waals surface area contributed by atoms with Crippen molar-refractivity contribution in [1.82, 2.24) is 10.3 Å². The van der Waals surface area contributed by atoms with Crippen LogP contribution in [0.15, 0.2) is 65.9 Å². The van der Waals surface area contributed by atoms with Crippen molar-refractivity contribution in [3.05, 3.63) is 71.9 Å². The molecule has 1 fully saturated rings. The van der Waals surface area contributed by atoms with Crippen molar-refractivity contribution < 1.29 is 14.4 Å². The third-order valence-corrected chi connectivity index (χ3v) is 6.27. The zero-order valence-electron chi connectivity index (χ0n) is 18.7. The van der Waals surface area contributed by atoms with E-state index in [1.54, 1.807) is 44.3 Å². The number of hydrogen-bond donors (Lipinski definition) is 1. The van der Waals surface area contributed by atoms with Gasteiger partial charge in [-0.25, -0.2) is 4.98 Å². The molecule has 1 saturated heterocycles. The summed E-state index contributed by atoms with van der Waals surface area (Å²) in [5.74, 6) is 0.383. The first kappa shape index (κ1) is 21.3. The van der Waals surface area contributed by atoms with Crippen LogP contribution in [0.2, 0.25) is 0 Å². The Labute approximate surface area is 192 Å². The summed E-state index contributed by atoms with van der Waals surface area (Å²) >= 11 is 0. The van der Waals surface area contributed by atoms with Gasteiger partial charge in [-0.1, -0.05) is 41.6 Å². The van der Waals surface area contributed by atoms with E-state index in [-0.39, 0.29) is 23.4 Å². The van der Waals surface area contributed by atoms with Crippen LogP contribution in [0.5, 0.6) is 0 Å². The number of anilines is 1. The molecule has 2 aliphatic rings. The van der Waals surface area contributed by atoms with E-state index in [0.717, 1.165) is 30.2 Å². The van der Waals surface area contributed by atoms with Gasteiger partial charge < -0.3 is 10.2 Å². The standard InChI is InChI=1S/C26H26N4O3/c1-26(2)23(31)22(29-33-26)18-9-11-19(12-10-18)25(32)30(20-7-5-14-27-16-20)24-21-8-4-3-6-17(21)13-15-28-24/h3-4,6,8-13,15,20,27H,5,7,14,16H2,1-2H3. The van der Waals surface area contributed by atoms with Crippen molar-refractivity contribution >= 4 is 34.0 Å². The summed E-state index contributed by atoms with van der Waals surface area (Å²) in [6.07, 6.45) is 3.65. The highest BCUT2D eigenvalue weighted by Crippen LogP contribution is 2.29. The van der Waals surface area contributed by atoms with Crippen LogP contribution in [0.3, 0.4) is 0 Å². The molecule has 0 radical (unpaired) electrons. The van der Waals surface area contributed by atoms with Crippen molar-refractivity contribution in [2.75, 3.05) is 18.0 Å². The molecular formula is C26H26N4O3. The zero-order valence-corrected chi connectivity index (χ0v) is 18.7. The quantitative estimate of drug-likeness (QED) is 0.666. The maximum absolute atomic E-state index is 13.8. The van der Waals surface area contributed by atoms with Gasteiger partial charge in [0.05, 0.1) is 6.04 Å². The molecular weight excluding hydrogens is 416 g/mol. The Balaban J connectivity index is 1.51. The van der Waals surface area contributed by atoms with Gasteiger partial charge in [0, 0.05) is 29.3 Å². The van der Waals surface area contributed by atoms with Crippen LogP contribution in [0.1, 0.15) is 42.6 Å². The molecule has 0 aliphatic carbocycles. The first-order chi connectivity index (χ1) is 16.0. The maximum atomic E-state index is 13.8. The number of carbonyl (C=O) groups excluding carboxylic acids is 2. The van der Waals surface area contributed by atoms with Crippen LogP contribution < -0.4 is 10.2 Å². The molecule has 0 spiro atoms. The normalized spacial score (nSPS) is 19.8. The second kappa shape index (κ2) is 8.41. The fourth-order valence-corrected chi connectivity index (χ4v) is 4.41. The van der Waals surface area contributed by atoms with Crippen LogP contribution in [0.25, 0.3) is 10.8 Å². The summed E-state index contributed by atoms with van der Waals surface area (Å²) < 4.78 is 0. The molecule has 0 saturated carbocycles. The molecule has 5 rings (SSSR count). The number of pyridine rings is 1. The van der Waals surface area contributed by atoms with Crippen LogP contribution in [0, 0.1) is 0 Å². The van der Waals surface area contributed by atoms with Crippen LogP contribution in [0.4, 0.5) is 5.82 Å². The molecule has 1 aromatic heterocycles. The number of piperidine rings is 1. The van der Waals surface area contributed by atoms with Gasteiger partial charge in [-0.05, 0) is 56.8 Å². The topological polar surface area (TPSA) is 83.9 Å². The molecule has 1 unspecified atom stereocenters. The Hall–Kier alpha value is -3.58. The third-order valence-electron chi connectivity index (χ3n) is 6.27. The van der Waals surface area contributed by atoms with E-state index in [1.165, 1.54) is 0 Å². The Bertz CT molecular complexity index is 1240. The largest absolute Gasteiger partial charge is 0.381 e. The lowest BCUT2D eigenvalue weighted by molar-refractivity contribution is -0.128. The van der Waals surface area contributed by atoms with E-state index in [4.69, 9.17) is 4.84 Å². The molecule has 2 aliphatic heterocycles. The van der Waals surface area contributed by atoms with E-state index >= 15 is 0 Å². The van der Waals surface area contributed by atoms with Crippen molar-refractivity contribution in [2.24, 2.45) is 5.16 Å². The van der Waals surface area contributed by atoms with E-state index in [2.05, 4.69) is 15.5 Å². The summed E-state index contributed by atoms with van der Waals surface area (Å²) in [6, 6.07) is 16.9. The fourth-order valence-electron chi connectivity index (χ4n) is 4.41. The van der Waals surface area contributed by atoms with Crippen LogP contribution >= 0.6 is 0 Å². The molecule has 3 aromatic rings. The summed E-state index contributed by atoms with van der Waals surface area (Å²) in [5.41, 5.74) is 0.485. The SMILES string of the molecule is CC1(C)ON=C(c2ccc(C(=O)N(c3nccc4ccccc34)C3CCCNC3)cc2)C1=O. The zero-order chi connectivity index (χ0) is 23.0. The fraction of sp³-hybridized carbons (Fsp3) is 0.308. The first-order valence-corrected chi connectivity index (χ1v) is 11.3. The lowest BCUT2D eigenvalue weighted by atomic mass is 9.95. The van der Waals surface area contributed by atoms with Crippen molar-refractivity contribution in [1.29, 1.82) is 0 Å². The number of amides is 1. The van der Waals surface area contributed by atoms with Crippen LogP contribution in [-0.2, 0) is 9.63 Å². The average Bonchev–Trinajstić information content (AvgIpc) is 3.12. The van der Waals surface area contributed by atoms with E-state index in [9.17, 15) is 9.59 Å². The lowest BCUT2D eigenvalue weighted by Gasteiger charge is -2.34. The minimum Gasteiger partial charge on any atom is -0.381 e. The van der Waals surface area contributed by atoms with E-state index in [1.807, 2.05) is 35.2 Å². The molecule has 1 amide bonds.